The van der Waals surface area contributed by atoms with Gasteiger partial charge in [-0.05, 0) is 19.7 Å². The Kier molecular flexibility index (Phi) is 5.58. The van der Waals surface area contributed by atoms with Crippen LogP contribution in [0.1, 0.15) is 19.6 Å². The van der Waals surface area contributed by atoms with Crippen LogP contribution >= 0.6 is 11.8 Å². The lowest BCUT2D eigenvalue weighted by Crippen LogP contribution is -2.30. The Bertz CT molecular complexity index is 405. The van der Waals surface area contributed by atoms with Gasteiger partial charge >= 0.3 is 0 Å². The van der Waals surface area contributed by atoms with Crippen LogP contribution < -0.4 is 5.43 Å². The van der Waals surface area contributed by atoms with E-state index in [1.807, 2.05) is 18.8 Å². The Hall–Kier alpha value is -0.940. The van der Waals surface area contributed by atoms with Crippen molar-refractivity contribution in [2.24, 2.45) is 0 Å². The maximum Gasteiger partial charge on any atom is 0.226 e. The lowest BCUT2D eigenvalue weighted by molar-refractivity contribution is 0.243. The molecule has 0 spiro atoms. The summed E-state index contributed by atoms with van der Waals surface area (Å²) in [4.78, 5) is 13.4. The minimum absolute atomic E-state index is 0.342. The van der Waals surface area contributed by atoms with Crippen molar-refractivity contribution in [3.63, 3.8) is 0 Å². The van der Waals surface area contributed by atoms with Crippen molar-refractivity contribution in [2.75, 3.05) is 18.6 Å². The Morgan fingerprint density at radius 3 is 2.88 bits per heavy atom. The first-order valence-electron chi connectivity index (χ1n) is 5.63. The molecule has 0 aromatic carbocycles. The van der Waals surface area contributed by atoms with Crippen LogP contribution in [0.5, 0.6) is 5.75 Å². The van der Waals surface area contributed by atoms with E-state index in [1.54, 1.807) is 0 Å². The molecule has 0 saturated carbocycles. The van der Waals surface area contributed by atoms with E-state index in [9.17, 15) is 4.79 Å². The summed E-state index contributed by atoms with van der Waals surface area (Å²) in [5, 5.41) is 9.08. The summed E-state index contributed by atoms with van der Waals surface area (Å²) in [5.41, 5.74) is -0.393. The topological polar surface area (TPSA) is 53.7 Å². The first-order chi connectivity index (χ1) is 8.04. The molecule has 1 rings (SSSR count). The quantitative estimate of drug-likeness (QED) is 0.843. The highest BCUT2D eigenvalue weighted by Gasteiger charge is 2.11. The standard InChI is InChI=1S/C12H19NO3S/c1-4-17-8-9(2)13(3)6-10-5-11(14)12(15)7-16-10/h5,7,9,15H,4,6,8H2,1-3H3. The van der Waals surface area contributed by atoms with E-state index in [0.29, 0.717) is 18.3 Å². The third-order valence-corrected chi connectivity index (χ3v) is 3.71. The van der Waals surface area contributed by atoms with E-state index in [1.165, 1.54) is 6.07 Å². The molecular formula is C12H19NO3S. The summed E-state index contributed by atoms with van der Waals surface area (Å²) in [7, 11) is 1.99. The Morgan fingerprint density at radius 2 is 2.29 bits per heavy atom. The molecular weight excluding hydrogens is 238 g/mol. The van der Waals surface area contributed by atoms with Gasteiger partial charge in [-0.15, -0.1) is 0 Å². The monoisotopic (exact) mass is 257 g/mol. The van der Waals surface area contributed by atoms with Gasteiger partial charge < -0.3 is 9.52 Å². The summed E-state index contributed by atoms with van der Waals surface area (Å²) in [6.07, 6.45) is 1.09. The molecule has 0 aliphatic rings. The average molecular weight is 257 g/mol. The molecule has 96 valence electrons. The molecule has 0 bridgehead atoms. The SMILES string of the molecule is CCSCC(C)N(C)Cc1cc(=O)c(O)co1. The van der Waals surface area contributed by atoms with Crippen molar-refractivity contribution in [2.45, 2.75) is 26.4 Å². The summed E-state index contributed by atoms with van der Waals surface area (Å²) in [6, 6.07) is 1.75. The van der Waals surface area contributed by atoms with Crippen LogP contribution in [-0.2, 0) is 6.54 Å². The number of nitrogens with zero attached hydrogens (tertiary/aromatic N) is 1. The maximum atomic E-state index is 11.2. The van der Waals surface area contributed by atoms with Crippen LogP contribution in [0.4, 0.5) is 0 Å². The van der Waals surface area contributed by atoms with Crippen LogP contribution in [0, 0.1) is 0 Å². The highest BCUT2D eigenvalue weighted by Crippen LogP contribution is 2.11. The molecule has 0 fully saturated rings. The van der Waals surface area contributed by atoms with Crippen LogP contribution in [0.3, 0.4) is 0 Å². The van der Waals surface area contributed by atoms with Crippen molar-refractivity contribution in [1.29, 1.82) is 0 Å². The smallest absolute Gasteiger partial charge is 0.226 e. The fraction of sp³-hybridized carbons (Fsp3) is 0.583. The van der Waals surface area contributed by atoms with E-state index in [0.717, 1.165) is 17.8 Å². The van der Waals surface area contributed by atoms with Crippen molar-refractivity contribution in [1.82, 2.24) is 4.90 Å². The van der Waals surface area contributed by atoms with Gasteiger partial charge in [-0.25, -0.2) is 0 Å². The van der Waals surface area contributed by atoms with Crippen molar-refractivity contribution in [3.05, 3.63) is 28.3 Å². The Morgan fingerprint density at radius 1 is 1.59 bits per heavy atom. The van der Waals surface area contributed by atoms with Crippen molar-refractivity contribution in [3.8, 4) is 5.75 Å². The van der Waals surface area contributed by atoms with E-state index in [4.69, 9.17) is 9.52 Å². The Labute approximate surface area is 106 Å². The minimum atomic E-state index is -0.393. The van der Waals surface area contributed by atoms with Gasteiger partial charge in [-0.2, -0.15) is 11.8 Å². The third kappa shape index (κ3) is 4.44. The predicted octanol–water partition coefficient (Wildman–Crippen LogP) is 1.92. The van der Waals surface area contributed by atoms with E-state index >= 15 is 0 Å². The molecule has 1 aromatic rings. The highest BCUT2D eigenvalue weighted by molar-refractivity contribution is 7.99. The number of hydrogen-bond acceptors (Lipinski definition) is 5. The van der Waals surface area contributed by atoms with E-state index in [-0.39, 0.29) is 5.75 Å². The zero-order chi connectivity index (χ0) is 12.8. The molecule has 5 heteroatoms. The first kappa shape index (κ1) is 14.1. The second kappa shape index (κ2) is 6.71. The van der Waals surface area contributed by atoms with Crippen LogP contribution in [0.2, 0.25) is 0 Å². The lowest BCUT2D eigenvalue weighted by Gasteiger charge is -2.23. The fourth-order valence-electron chi connectivity index (χ4n) is 1.34. The first-order valence-corrected chi connectivity index (χ1v) is 6.78. The van der Waals surface area contributed by atoms with E-state index in [2.05, 4.69) is 18.7 Å². The number of hydrogen-bond donors (Lipinski definition) is 1. The highest BCUT2D eigenvalue weighted by atomic mass is 32.2. The molecule has 1 heterocycles. The van der Waals surface area contributed by atoms with Crippen LogP contribution in [0.15, 0.2) is 21.5 Å². The van der Waals surface area contributed by atoms with E-state index < -0.39 is 5.43 Å². The summed E-state index contributed by atoms with van der Waals surface area (Å²) < 4.78 is 5.17. The van der Waals surface area contributed by atoms with Crippen molar-refractivity contribution >= 4 is 11.8 Å². The molecule has 0 aliphatic carbocycles. The van der Waals surface area contributed by atoms with Crippen LogP contribution in [-0.4, -0.2) is 34.6 Å². The number of rotatable bonds is 6. The molecule has 1 unspecified atom stereocenters. The van der Waals surface area contributed by atoms with Crippen molar-refractivity contribution < 1.29 is 9.52 Å². The predicted molar refractivity (Wildman–Crippen MR) is 70.6 cm³/mol. The summed E-state index contributed by atoms with van der Waals surface area (Å²) >= 11 is 1.89. The van der Waals surface area contributed by atoms with Gasteiger partial charge in [0, 0.05) is 17.9 Å². The lowest BCUT2D eigenvalue weighted by atomic mass is 10.3. The average Bonchev–Trinajstić information content (AvgIpc) is 2.30. The number of aromatic hydroxyl groups is 1. The summed E-state index contributed by atoms with van der Waals surface area (Å²) in [5.74, 6) is 2.39. The third-order valence-electron chi connectivity index (χ3n) is 2.59. The Balaban J connectivity index is 2.58. The molecule has 1 N–H and O–H groups in total. The minimum Gasteiger partial charge on any atom is -0.502 e. The molecule has 17 heavy (non-hydrogen) atoms. The fourth-order valence-corrected chi connectivity index (χ4v) is 2.18. The van der Waals surface area contributed by atoms with Gasteiger partial charge in [0.2, 0.25) is 5.43 Å². The zero-order valence-corrected chi connectivity index (χ0v) is 11.3. The molecule has 0 amide bonds. The molecule has 0 saturated heterocycles. The summed E-state index contributed by atoms with van der Waals surface area (Å²) in [6.45, 7) is 4.85. The van der Waals surface area contributed by atoms with Gasteiger partial charge in [0.05, 0.1) is 6.54 Å². The van der Waals surface area contributed by atoms with Gasteiger partial charge in [0.1, 0.15) is 12.0 Å². The normalized spacial score (nSPS) is 12.9. The zero-order valence-electron chi connectivity index (χ0n) is 10.5. The van der Waals surface area contributed by atoms with Gasteiger partial charge in [0.25, 0.3) is 0 Å². The van der Waals surface area contributed by atoms with Gasteiger partial charge in [-0.3, -0.25) is 9.69 Å². The molecule has 1 atom stereocenters. The van der Waals surface area contributed by atoms with Gasteiger partial charge in [-0.1, -0.05) is 6.92 Å². The van der Waals surface area contributed by atoms with Crippen LogP contribution in [0.25, 0.3) is 0 Å². The molecule has 1 aromatic heterocycles. The number of thioether (sulfide) groups is 1. The molecule has 0 aliphatic heterocycles. The second-order valence-corrected chi connectivity index (χ2v) is 5.34. The maximum absolute atomic E-state index is 11.2. The molecule has 0 radical (unpaired) electrons. The van der Waals surface area contributed by atoms with Gasteiger partial charge in [0.15, 0.2) is 5.75 Å². The molecule has 4 nitrogen and oxygen atoms in total. The largest absolute Gasteiger partial charge is 0.502 e. The second-order valence-electron chi connectivity index (χ2n) is 4.02.